The highest BCUT2D eigenvalue weighted by atomic mass is 14.8. The van der Waals surface area contributed by atoms with Gasteiger partial charge in [-0.25, -0.2) is 4.98 Å². The van der Waals surface area contributed by atoms with Crippen molar-refractivity contribution in [1.82, 2.24) is 4.98 Å². The first-order valence-electron chi connectivity index (χ1n) is 3.18. The highest BCUT2D eigenvalue weighted by molar-refractivity contribution is 5.40. The zero-order valence-corrected chi connectivity index (χ0v) is 5.91. The van der Waals surface area contributed by atoms with E-state index in [2.05, 4.69) is 4.98 Å². The summed E-state index contributed by atoms with van der Waals surface area (Å²) in [4.78, 5) is 3.90. The molecule has 10 heavy (non-hydrogen) atoms. The van der Waals surface area contributed by atoms with Crippen molar-refractivity contribution < 1.29 is 0 Å². The van der Waals surface area contributed by atoms with E-state index in [0.717, 1.165) is 5.56 Å². The normalized spacial score (nSPS) is 13.0. The standard InChI is InChI=1S/C7H11N3/c1-5(8)6-3-2-4-10-7(6)9/h2-5H,8H2,1H3,(H2,9,10). The average molecular weight is 137 g/mol. The van der Waals surface area contributed by atoms with Crippen molar-refractivity contribution in [3.05, 3.63) is 23.9 Å². The minimum Gasteiger partial charge on any atom is -0.383 e. The van der Waals surface area contributed by atoms with Crippen LogP contribution < -0.4 is 11.5 Å². The smallest absolute Gasteiger partial charge is 0.128 e. The second-order valence-corrected chi connectivity index (χ2v) is 2.27. The molecule has 1 unspecified atom stereocenters. The number of rotatable bonds is 1. The van der Waals surface area contributed by atoms with Crippen LogP contribution in [0.5, 0.6) is 0 Å². The van der Waals surface area contributed by atoms with Crippen LogP contribution in [0.3, 0.4) is 0 Å². The number of hydrogen-bond acceptors (Lipinski definition) is 3. The van der Waals surface area contributed by atoms with Gasteiger partial charge in [-0.15, -0.1) is 0 Å². The molecular formula is C7H11N3. The van der Waals surface area contributed by atoms with E-state index in [-0.39, 0.29) is 6.04 Å². The lowest BCUT2D eigenvalue weighted by Crippen LogP contribution is -2.08. The quantitative estimate of drug-likeness (QED) is 0.598. The molecular weight excluding hydrogens is 126 g/mol. The van der Waals surface area contributed by atoms with Gasteiger partial charge in [0.1, 0.15) is 5.82 Å². The summed E-state index contributed by atoms with van der Waals surface area (Å²) >= 11 is 0. The van der Waals surface area contributed by atoms with E-state index in [0.29, 0.717) is 5.82 Å². The summed E-state index contributed by atoms with van der Waals surface area (Å²) < 4.78 is 0. The van der Waals surface area contributed by atoms with Gasteiger partial charge in [-0.05, 0) is 13.0 Å². The number of anilines is 1. The monoisotopic (exact) mass is 137 g/mol. The molecule has 0 amide bonds. The highest BCUT2D eigenvalue weighted by Gasteiger charge is 2.01. The molecule has 0 aliphatic heterocycles. The average Bonchev–Trinajstić information content (AvgIpc) is 1.88. The maximum atomic E-state index is 5.59. The van der Waals surface area contributed by atoms with Crippen LogP contribution in [-0.4, -0.2) is 4.98 Å². The molecule has 0 bridgehead atoms. The summed E-state index contributed by atoms with van der Waals surface area (Å²) in [5, 5.41) is 0. The number of pyridine rings is 1. The largest absolute Gasteiger partial charge is 0.383 e. The predicted molar refractivity (Wildman–Crippen MR) is 41.3 cm³/mol. The molecule has 1 aromatic rings. The Morgan fingerprint density at radius 2 is 2.30 bits per heavy atom. The van der Waals surface area contributed by atoms with Gasteiger partial charge in [0.25, 0.3) is 0 Å². The summed E-state index contributed by atoms with van der Waals surface area (Å²) in [5.74, 6) is 0.525. The third kappa shape index (κ3) is 1.25. The summed E-state index contributed by atoms with van der Waals surface area (Å²) in [6.07, 6.45) is 1.65. The first kappa shape index (κ1) is 7.02. The van der Waals surface area contributed by atoms with Crippen LogP contribution in [-0.2, 0) is 0 Å². The Bertz CT molecular complexity index is 220. The van der Waals surface area contributed by atoms with Gasteiger partial charge in [0.05, 0.1) is 0 Å². The Balaban J connectivity index is 3.03. The highest BCUT2D eigenvalue weighted by Crippen LogP contribution is 2.13. The van der Waals surface area contributed by atoms with Gasteiger partial charge in [-0.1, -0.05) is 6.07 Å². The molecule has 54 valence electrons. The molecule has 1 aromatic heterocycles. The lowest BCUT2D eigenvalue weighted by Gasteiger charge is -2.06. The number of aromatic nitrogens is 1. The van der Waals surface area contributed by atoms with E-state index in [1.165, 1.54) is 0 Å². The summed E-state index contributed by atoms with van der Waals surface area (Å²) in [5.41, 5.74) is 12.0. The fraction of sp³-hybridized carbons (Fsp3) is 0.286. The fourth-order valence-corrected chi connectivity index (χ4v) is 0.815. The topological polar surface area (TPSA) is 64.9 Å². The molecule has 1 rings (SSSR count). The summed E-state index contributed by atoms with van der Waals surface area (Å²) in [7, 11) is 0. The number of nitrogen functional groups attached to an aromatic ring is 1. The molecule has 3 nitrogen and oxygen atoms in total. The molecule has 3 heteroatoms. The minimum absolute atomic E-state index is 0.0336. The van der Waals surface area contributed by atoms with Crippen molar-refractivity contribution in [2.24, 2.45) is 5.73 Å². The Morgan fingerprint density at radius 1 is 1.60 bits per heavy atom. The van der Waals surface area contributed by atoms with E-state index >= 15 is 0 Å². The van der Waals surface area contributed by atoms with Crippen molar-refractivity contribution in [3.8, 4) is 0 Å². The SMILES string of the molecule is CC(N)c1cccnc1N. The molecule has 0 saturated heterocycles. The van der Waals surface area contributed by atoms with E-state index in [9.17, 15) is 0 Å². The zero-order valence-electron chi connectivity index (χ0n) is 5.91. The zero-order chi connectivity index (χ0) is 7.56. The maximum Gasteiger partial charge on any atom is 0.128 e. The number of nitrogens with two attached hydrogens (primary N) is 2. The molecule has 1 atom stereocenters. The van der Waals surface area contributed by atoms with Gasteiger partial charge in [-0.2, -0.15) is 0 Å². The fourth-order valence-electron chi connectivity index (χ4n) is 0.815. The molecule has 0 spiro atoms. The van der Waals surface area contributed by atoms with E-state index in [4.69, 9.17) is 11.5 Å². The van der Waals surface area contributed by atoms with E-state index in [1.807, 2.05) is 19.1 Å². The Kier molecular flexibility index (Phi) is 1.87. The predicted octanol–water partition coefficient (Wildman–Crippen LogP) is 0.684. The van der Waals surface area contributed by atoms with Crippen LogP contribution in [0, 0.1) is 0 Å². The first-order valence-corrected chi connectivity index (χ1v) is 3.18. The van der Waals surface area contributed by atoms with Crippen molar-refractivity contribution in [2.45, 2.75) is 13.0 Å². The van der Waals surface area contributed by atoms with Crippen LogP contribution in [0.25, 0.3) is 0 Å². The molecule has 0 aliphatic rings. The summed E-state index contributed by atoms with van der Waals surface area (Å²) in [6.45, 7) is 1.88. The van der Waals surface area contributed by atoms with Crippen LogP contribution in [0.4, 0.5) is 5.82 Å². The van der Waals surface area contributed by atoms with Gasteiger partial charge in [-0.3, -0.25) is 0 Å². The van der Waals surface area contributed by atoms with Gasteiger partial charge in [0.15, 0.2) is 0 Å². The Morgan fingerprint density at radius 3 is 2.70 bits per heavy atom. The number of hydrogen-bond donors (Lipinski definition) is 2. The number of nitrogens with zero attached hydrogens (tertiary/aromatic N) is 1. The van der Waals surface area contributed by atoms with Crippen LogP contribution in [0.1, 0.15) is 18.5 Å². The van der Waals surface area contributed by atoms with Gasteiger partial charge in [0, 0.05) is 17.8 Å². The second-order valence-electron chi connectivity index (χ2n) is 2.27. The Hall–Kier alpha value is -1.09. The Labute approximate surface area is 60.1 Å². The van der Waals surface area contributed by atoms with Crippen molar-refractivity contribution in [2.75, 3.05) is 5.73 Å². The van der Waals surface area contributed by atoms with Crippen LogP contribution in [0.15, 0.2) is 18.3 Å². The summed E-state index contributed by atoms with van der Waals surface area (Å²) in [6, 6.07) is 3.68. The molecule has 0 saturated carbocycles. The van der Waals surface area contributed by atoms with Crippen molar-refractivity contribution in [1.29, 1.82) is 0 Å². The van der Waals surface area contributed by atoms with E-state index in [1.54, 1.807) is 6.20 Å². The van der Waals surface area contributed by atoms with Crippen molar-refractivity contribution in [3.63, 3.8) is 0 Å². The van der Waals surface area contributed by atoms with Crippen LogP contribution >= 0.6 is 0 Å². The van der Waals surface area contributed by atoms with E-state index < -0.39 is 0 Å². The molecule has 1 heterocycles. The first-order chi connectivity index (χ1) is 4.72. The molecule has 4 N–H and O–H groups in total. The van der Waals surface area contributed by atoms with Crippen molar-refractivity contribution >= 4 is 5.82 Å². The van der Waals surface area contributed by atoms with Gasteiger partial charge < -0.3 is 11.5 Å². The third-order valence-corrected chi connectivity index (χ3v) is 1.36. The lowest BCUT2D eigenvalue weighted by molar-refractivity contribution is 0.816. The third-order valence-electron chi connectivity index (χ3n) is 1.36. The molecule has 0 fully saturated rings. The maximum absolute atomic E-state index is 5.59. The second kappa shape index (κ2) is 2.66. The van der Waals surface area contributed by atoms with Gasteiger partial charge >= 0.3 is 0 Å². The minimum atomic E-state index is -0.0336. The van der Waals surface area contributed by atoms with Crippen LogP contribution in [0.2, 0.25) is 0 Å². The van der Waals surface area contributed by atoms with Gasteiger partial charge in [0.2, 0.25) is 0 Å². The molecule has 0 radical (unpaired) electrons. The molecule has 0 aliphatic carbocycles. The lowest BCUT2D eigenvalue weighted by atomic mass is 10.1. The molecule has 0 aromatic carbocycles.